The number of aromatic nitrogens is 1. The third-order valence-corrected chi connectivity index (χ3v) is 6.81. The first-order valence-corrected chi connectivity index (χ1v) is 10.6. The first kappa shape index (κ1) is 19.5. The Labute approximate surface area is 160 Å². The number of nitrogens with zero attached hydrogens (tertiary/aromatic N) is 2. The second kappa shape index (κ2) is 8.63. The van der Waals surface area contributed by atoms with Crippen LogP contribution in [0.1, 0.15) is 24.0 Å². The Morgan fingerprint density at radius 2 is 1.89 bits per heavy atom. The molecule has 27 heavy (non-hydrogen) atoms. The van der Waals surface area contributed by atoms with E-state index in [0.29, 0.717) is 32.5 Å². The molecule has 1 amide bonds. The summed E-state index contributed by atoms with van der Waals surface area (Å²) in [6.07, 6.45) is 4.78. The largest absolute Gasteiger partial charge is 0.356 e. The second-order valence-corrected chi connectivity index (χ2v) is 8.83. The van der Waals surface area contributed by atoms with Gasteiger partial charge in [0.15, 0.2) is 0 Å². The van der Waals surface area contributed by atoms with Crippen LogP contribution in [0.4, 0.5) is 0 Å². The fraction of sp³-hybridized carbons (Fsp3) is 0.400. The zero-order valence-electron chi connectivity index (χ0n) is 15.5. The number of piperidine rings is 1. The Morgan fingerprint density at radius 3 is 2.52 bits per heavy atom. The number of pyridine rings is 1. The number of hydrogen-bond acceptors (Lipinski definition) is 4. The molecule has 3 rings (SSSR count). The van der Waals surface area contributed by atoms with Crippen LogP contribution in [-0.4, -0.2) is 43.2 Å². The highest BCUT2D eigenvalue weighted by atomic mass is 32.2. The first-order chi connectivity index (χ1) is 13.0. The summed E-state index contributed by atoms with van der Waals surface area (Å²) in [7, 11) is -3.53. The number of hydrogen-bond donors (Lipinski definition) is 1. The van der Waals surface area contributed by atoms with Crippen molar-refractivity contribution in [1.29, 1.82) is 0 Å². The van der Waals surface area contributed by atoms with Crippen LogP contribution in [0.5, 0.6) is 0 Å². The second-order valence-electron chi connectivity index (χ2n) is 6.89. The van der Waals surface area contributed by atoms with Gasteiger partial charge in [-0.1, -0.05) is 29.8 Å². The topological polar surface area (TPSA) is 79.4 Å². The van der Waals surface area contributed by atoms with Crippen molar-refractivity contribution in [2.75, 3.05) is 19.6 Å². The van der Waals surface area contributed by atoms with Crippen LogP contribution < -0.4 is 5.32 Å². The minimum atomic E-state index is -3.53. The third kappa shape index (κ3) is 4.93. The Bertz CT molecular complexity index is 859. The molecule has 0 aliphatic carbocycles. The highest BCUT2D eigenvalue weighted by Crippen LogP contribution is 2.23. The lowest BCUT2D eigenvalue weighted by molar-refractivity contribution is -0.126. The molecule has 0 bridgehead atoms. The minimum Gasteiger partial charge on any atom is -0.356 e. The molecule has 2 aromatic rings. The Hall–Kier alpha value is -2.25. The summed E-state index contributed by atoms with van der Waals surface area (Å²) < 4.78 is 26.6. The SMILES string of the molecule is Cc1ccc(CCNC(=O)C2CCN(S(=O)(=O)c3cccnc3)CC2)cc1. The molecule has 1 saturated heterocycles. The van der Waals surface area contributed by atoms with Gasteiger partial charge in [0, 0.05) is 37.9 Å². The summed E-state index contributed by atoms with van der Waals surface area (Å²) in [5.74, 6) is -0.121. The number of carbonyl (C=O) groups is 1. The minimum absolute atomic E-state index is 0.0144. The van der Waals surface area contributed by atoms with E-state index in [9.17, 15) is 13.2 Å². The third-order valence-electron chi connectivity index (χ3n) is 4.93. The van der Waals surface area contributed by atoms with Crippen molar-refractivity contribution in [3.8, 4) is 0 Å². The zero-order valence-corrected chi connectivity index (χ0v) is 16.3. The van der Waals surface area contributed by atoms with Gasteiger partial charge in [0.05, 0.1) is 0 Å². The number of sulfonamides is 1. The average molecular weight is 388 g/mol. The van der Waals surface area contributed by atoms with Crippen LogP contribution in [0, 0.1) is 12.8 Å². The Morgan fingerprint density at radius 1 is 1.19 bits per heavy atom. The lowest BCUT2D eigenvalue weighted by Crippen LogP contribution is -2.43. The van der Waals surface area contributed by atoms with E-state index in [1.54, 1.807) is 18.3 Å². The predicted molar refractivity (Wildman–Crippen MR) is 104 cm³/mol. The number of aryl methyl sites for hydroxylation is 1. The van der Waals surface area contributed by atoms with Crippen molar-refractivity contribution in [3.63, 3.8) is 0 Å². The maximum absolute atomic E-state index is 12.6. The number of benzene rings is 1. The van der Waals surface area contributed by atoms with Gasteiger partial charge >= 0.3 is 0 Å². The Balaban J connectivity index is 1.47. The summed E-state index contributed by atoms with van der Waals surface area (Å²) in [5.41, 5.74) is 2.41. The quantitative estimate of drug-likeness (QED) is 0.824. The standard InChI is InChI=1S/C20H25N3O3S/c1-16-4-6-17(7-5-16)8-12-22-20(24)18-9-13-23(14-10-18)27(25,26)19-3-2-11-21-15-19/h2-7,11,15,18H,8-10,12-14H2,1H3,(H,22,24). The molecule has 1 aliphatic heterocycles. The molecule has 0 atom stereocenters. The van der Waals surface area contributed by atoms with Crippen molar-refractivity contribution < 1.29 is 13.2 Å². The molecule has 0 saturated carbocycles. The molecule has 144 valence electrons. The van der Waals surface area contributed by atoms with Crippen LogP contribution in [-0.2, 0) is 21.2 Å². The lowest BCUT2D eigenvalue weighted by atomic mass is 9.97. The summed E-state index contributed by atoms with van der Waals surface area (Å²) in [5, 5.41) is 2.98. The van der Waals surface area contributed by atoms with Crippen LogP contribution in [0.25, 0.3) is 0 Å². The van der Waals surface area contributed by atoms with Gasteiger partial charge in [0.1, 0.15) is 4.90 Å². The van der Waals surface area contributed by atoms with Crippen molar-refractivity contribution >= 4 is 15.9 Å². The highest BCUT2D eigenvalue weighted by Gasteiger charge is 2.32. The highest BCUT2D eigenvalue weighted by molar-refractivity contribution is 7.89. The van der Waals surface area contributed by atoms with Crippen molar-refractivity contribution in [1.82, 2.24) is 14.6 Å². The maximum Gasteiger partial charge on any atom is 0.244 e. The van der Waals surface area contributed by atoms with Crippen LogP contribution in [0.15, 0.2) is 53.7 Å². The van der Waals surface area contributed by atoms with Crippen molar-refractivity contribution in [2.24, 2.45) is 5.92 Å². The first-order valence-electron chi connectivity index (χ1n) is 9.20. The summed E-state index contributed by atoms with van der Waals surface area (Å²) in [4.78, 5) is 16.5. The molecule has 7 heteroatoms. The van der Waals surface area contributed by atoms with Gasteiger partial charge < -0.3 is 5.32 Å². The van der Waals surface area contributed by atoms with Gasteiger partial charge in [-0.15, -0.1) is 0 Å². The molecule has 1 fully saturated rings. The smallest absolute Gasteiger partial charge is 0.244 e. The van der Waals surface area contributed by atoms with E-state index in [0.717, 1.165) is 6.42 Å². The van der Waals surface area contributed by atoms with Crippen LogP contribution >= 0.6 is 0 Å². The number of amides is 1. The van der Waals surface area contributed by atoms with Gasteiger partial charge in [-0.2, -0.15) is 4.31 Å². The molecular weight excluding hydrogens is 362 g/mol. The number of carbonyl (C=O) groups excluding carboxylic acids is 1. The lowest BCUT2D eigenvalue weighted by Gasteiger charge is -2.30. The van der Waals surface area contributed by atoms with E-state index in [-0.39, 0.29) is 16.7 Å². The molecule has 0 radical (unpaired) electrons. The fourth-order valence-corrected chi connectivity index (χ4v) is 4.67. The van der Waals surface area contributed by atoms with Crippen molar-refractivity contribution in [3.05, 3.63) is 59.9 Å². The van der Waals surface area contributed by atoms with Gasteiger partial charge in [-0.25, -0.2) is 8.42 Å². The molecular formula is C20H25N3O3S. The molecule has 1 aliphatic rings. The van der Waals surface area contributed by atoms with Crippen LogP contribution in [0.3, 0.4) is 0 Å². The molecule has 0 spiro atoms. The Kier molecular flexibility index (Phi) is 6.23. The van der Waals surface area contributed by atoms with E-state index in [1.807, 2.05) is 6.92 Å². The fourth-order valence-electron chi connectivity index (χ4n) is 3.24. The van der Waals surface area contributed by atoms with E-state index in [2.05, 4.69) is 34.6 Å². The molecule has 1 N–H and O–H groups in total. The van der Waals surface area contributed by atoms with E-state index >= 15 is 0 Å². The normalized spacial score (nSPS) is 16.2. The molecule has 2 heterocycles. The van der Waals surface area contributed by atoms with E-state index in [4.69, 9.17) is 0 Å². The summed E-state index contributed by atoms with van der Waals surface area (Å²) in [6.45, 7) is 3.35. The molecule has 6 nitrogen and oxygen atoms in total. The van der Waals surface area contributed by atoms with Gasteiger partial charge in [-0.05, 0) is 43.9 Å². The zero-order chi connectivity index (χ0) is 19.3. The van der Waals surface area contributed by atoms with Gasteiger partial charge in [-0.3, -0.25) is 9.78 Å². The van der Waals surface area contributed by atoms with Crippen molar-refractivity contribution in [2.45, 2.75) is 31.1 Å². The van der Waals surface area contributed by atoms with E-state index < -0.39 is 10.0 Å². The number of rotatable bonds is 6. The molecule has 0 unspecified atom stereocenters. The van der Waals surface area contributed by atoms with Crippen LogP contribution in [0.2, 0.25) is 0 Å². The van der Waals surface area contributed by atoms with E-state index in [1.165, 1.54) is 21.6 Å². The molecule has 1 aromatic heterocycles. The maximum atomic E-state index is 12.6. The van der Waals surface area contributed by atoms with Gasteiger partial charge in [0.2, 0.25) is 15.9 Å². The average Bonchev–Trinajstić information content (AvgIpc) is 2.70. The predicted octanol–water partition coefficient (Wildman–Crippen LogP) is 2.15. The summed E-state index contributed by atoms with van der Waals surface area (Å²) >= 11 is 0. The summed E-state index contributed by atoms with van der Waals surface area (Å²) in [6, 6.07) is 11.4. The number of nitrogens with one attached hydrogen (secondary N) is 1. The van der Waals surface area contributed by atoms with Gasteiger partial charge in [0.25, 0.3) is 0 Å². The monoisotopic (exact) mass is 387 g/mol. The molecule has 1 aromatic carbocycles.